The molecule has 96 valence electrons. The van der Waals surface area contributed by atoms with E-state index in [2.05, 4.69) is 40.0 Å². The summed E-state index contributed by atoms with van der Waals surface area (Å²) >= 11 is 0. The van der Waals surface area contributed by atoms with Crippen LogP contribution < -0.4 is 11.1 Å². The first kappa shape index (κ1) is 11.1. The molecule has 0 spiro atoms. The Kier molecular flexibility index (Phi) is 2.73. The molecule has 3 aromatic rings. The molecule has 0 aromatic carbocycles. The molecule has 0 radical (unpaired) electrons. The van der Waals surface area contributed by atoms with E-state index < -0.39 is 0 Å². The molecular weight excluding hydrogens is 250 g/mol. The van der Waals surface area contributed by atoms with Crippen molar-refractivity contribution < 1.29 is 4.52 Å². The molecule has 0 saturated carbocycles. The van der Waals surface area contributed by atoms with Gasteiger partial charge in [-0.1, -0.05) is 5.16 Å². The molecule has 0 amide bonds. The Labute approximate surface area is 106 Å². The first-order valence-electron chi connectivity index (χ1n) is 5.32. The fourth-order valence-corrected chi connectivity index (χ4v) is 1.38. The van der Waals surface area contributed by atoms with Crippen molar-refractivity contribution in [3.8, 4) is 5.95 Å². The second kappa shape index (κ2) is 4.68. The summed E-state index contributed by atoms with van der Waals surface area (Å²) in [6.45, 7) is 0.318. The average molecular weight is 259 g/mol. The van der Waals surface area contributed by atoms with Gasteiger partial charge in [-0.25, -0.2) is 4.68 Å². The zero-order chi connectivity index (χ0) is 13.1. The molecule has 3 N–H and O–H groups in total. The van der Waals surface area contributed by atoms with Crippen LogP contribution in [0.25, 0.3) is 5.95 Å². The van der Waals surface area contributed by atoms with Crippen molar-refractivity contribution in [2.24, 2.45) is 0 Å². The summed E-state index contributed by atoms with van der Waals surface area (Å²) in [5, 5.41) is 10.6. The molecule has 0 bridgehead atoms. The van der Waals surface area contributed by atoms with Crippen LogP contribution in [0.3, 0.4) is 0 Å². The van der Waals surface area contributed by atoms with Crippen LogP contribution in [0.15, 0.2) is 29.4 Å². The van der Waals surface area contributed by atoms with Gasteiger partial charge in [0.25, 0.3) is 5.95 Å². The Hall–Kier alpha value is -3.04. The maximum Gasteiger partial charge on any atom is 0.257 e. The molecule has 0 unspecified atom stereocenters. The SMILES string of the molecule is Nc1nc(NCc2ncon2)nc(-n2cccn2)n1. The highest BCUT2D eigenvalue weighted by molar-refractivity contribution is 5.34. The van der Waals surface area contributed by atoms with Crippen LogP contribution in [0, 0.1) is 0 Å². The predicted octanol–water partition coefficient (Wildman–Crippen LogP) is -0.365. The Morgan fingerprint density at radius 1 is 1.32 bits per heavy atom. The van der Waals surface area contributed by atoms with Crippen molar-refractivity contribution >= 4 is 11.9 Å². The quantitative estimate of drug-likeness (QED) is 0.643. The minimum atomic E-state index is 0.0936. The highest BCUT2D eigenvalue weighted by atomic mass is 16.5. The number of hydrogen-bond acceptors (Lipinski definition) is 9. The standard InChI is InChI=1S/C9H9N9O/c10-7-14-8(11-4-6-12-5-19-17-6)16-9(15-7)18-3-1-2-13-18/h1-3,5H,4H2,(H3,10,11,14,15,16). The van der Waals surface area contributed by atoms with Crippen molar-refractivity contribution in [3.05, 3.63) is 30.7 Å². The summed E-state index contributed by atoms with van der Waals surface area (Å²) in [7, 11) is 0. The smallest absolute Gasteiger partial charge is 0.257 e. The summed E-state index contributed by atoms with van der Waals surface area (Å²) in [6.07, 6.45) is 4.57. The van der Waals surface area contributed by atoms with Gasteiger partial charge in [-0.3, -0.25) is 0 Å². The average Bonchev–Trinajstić information content (AvgIpc) is 3.09. The first-order valence-corrected chi connectivity index (χ1v) is 5.32. The molecule has 0 aliphatic heterocycles. The second-order valence-electron chi connectivity index (χ2n) is 3.47. The van der Waals surface area contributed by atoms with Crippen molar-refractivity contribution in [2.45, 2.75) is 6.54 Å². The molecule has 3 aromatic heterocycles. The Bertz CT molecular complexity index is 648. The van der Waals surface area contributed by atoms with Gasteiger partial charge in [0.15, 0.2) is 5.82 Å². The van der Waals surface area contributed by atoms with Gasteiger partial charge in [-0.2, -0.15) is 25.0 Å². The van der Waals surface area contributed by atoms with E-state index in [0.29, 0.717) is 24.3 Å². The third kappa shape index (κ3) is 2.46. The van der Waals surface area contributed by atoms with Crippen molar-refractivity contribution in [1.29, 1.82) is 0 Å². The topological polar surface area (TPSA) is 133 Å². The van der Waals surface area contributed by atoms with Gasteiger partial charge in [0.05, 0.1) is 6.54 Å². The summed E-state index contributed by atoms with van der Waals surface area (Å²) < 4.78 is 6.10. The number of nitrogens with two attached hydrogens (primary N) is 1. The zero-order valence-electron chi connectivity index (χ0n) is 9.63. The van der Waals surface area contributed by atoms with E-state index in [1.165, 1.54) is 11.1 Å². The molecule has 3 heterocycles. The lowest BCUT2D eigenvalue weighted by Gasteiger charge is -2.05. The van der Waals surface area contributed by atoms with E-state index in [4.69, 9.17) is 5.73 Å². The van der Waals surface area contributed by atoms with Crippen LogP contribution in [0.4, 0.5) is 11.9 Å². The first-order chi connectivity index (χ1) is 9.31. The van der Waals surface area contributed by atoms with Crippen LogP contribution in [0.2, 0.25) is 0 Å². The van der Waals surface area contributed by atoms with Gasteiger partial charge in [-0.05, 0) is 6.07 Å². The number of nitrogens with zero attached hydrogens (tertiary/aromatic N) is 7. The van der Waals surface area contributed by atoms with Crippen LogP contribution in [-0.4, -0.2) is 34.9 Å². The van der Waals surface area contributed by atoms with Crippen LogP contribution in [0.5, 0.6) is 0 Å². The van der Waals surface area contributed by atoms with Gasteiger partial charge in [-0.15, -0.1) is 0 Å². The van der Waals surface area contributed by atoms with Crippen LogP contribution >= 0.6 is 0 Å². The van der Waals surface area contributed by atoms with E-state index in [9.17, 15) is 0 Å². The highest BCUT2D eigenvalue weighted by Gasteiger charge is 2.07. The summed E-state index contributed by atoms with van der Waals surface area (Å²) in [5.74, 6) is 1.21. The van der Waals surface area contributed by atoms with Crippen LogP contribution in [0.1, 0.15) is 5.82 Å². The lowest BCUT2D eigenvalue weighted by atomic mass is 10.6. The van der Waals surface area contributed by atoms with Gasteiger partial charge >= 0.3 is 0 Å². The maximum absolute atomic E-state index is 5.62. The summed E-state index contributed by atoms with van der Waals surface area (Å²) in [5.41, 5.74) is 5.62. The van der Waals surface area contributed by atoms with Crippen molar-refractivity contribution in [3.63, 3.8) is 0 Å². The number of rotatable bonds is 4. The fourth-order valence-electron chi connectivity index (χ4n) is 1.38. The third-order valence-corrected chi connectivity index (χ3v) is 2.16. The Morgan fingerprint density at radius 2 is 2.26 bits per heavy atom. The number of hydrogen-bond donors (Lipinski definition) is 2. The second-order valence-corrected chi connectivity index (χ2v) is 3.47. The van der Waals surface area contributed by atoms with Gasteiger partial charge in [0, 0.05) is 12.4 Å². The van der Waals surface area contributed by atoms with Gasteiger partial charge < -0.3 is 15.6 Å². The summed E-state index contributed by atoms with van der Waals surface area (Å²) in [6, 6.07) is 1.76. The summed E-state index contributed by atoms with van der Waals surface area (Å²) in [4.78, 5) is 16.0. The zero-order valence-corrected chi connectivity index (χ0v) is 9.63. The largest absolute Gasteiger partial charge is 0.368 e. The molecule has 0 atom stereocenters. The Morgan fingerprint density at radius 3 is 3.00 bits per heavy atom. The molecule has 0 aliphatic carbocycles. The number of aromatic nitrogens is 7. The normalized spacial score (nSPS) is 10.5. The fraction of sp³-hybridized carbons (Fsp3) is 0.111. The molecule has 3 rings (SSSR count). The van der Waals surface area contributed by atoms with Crippen molar-refractivity contribution in [1.82, 2.24) is 34.9 Å². The van der Waals surface area contributed by atoms with E-state index in [-0.39, 0.29) is 5.95 Å². The monoisotopic (exact) mass is 259 g/mol. The molecule has 0 aliphatic rings. The lowest BCUT2D eigenvalue weighted by Crippen LogP contribution is -2.11. The lowest BCUT2D eigenvalue weighted by molar-refractivity contribution is 0.411. The minimum Gasteiger partial charge on any atom is -0.368 e. The number of nitrogens with one attached hydrogen (secondary N) is 1. The van der Waals surface area contributed by atoms with Crippen molar-refractivity contribution in [2.75, 3.05) is 11.1 Å². The Balaban J connectivity index is 1.82. The van der Waals surface area contributed by atoms with E-state index in [1.807, 2.05) is 0 Å². The molecule has 10 nitrogen and oxygen atoms in total. The van der Waals surface area contributed by atoms with E-state index >= 15 is 0 Å². The van der Waals surface area contributed by atoms with E-state index in [1.54, 1.807) is 18.5 Å². The van der Waals surface area contributed by atoms with Crippen LogP contribution in [-0.2, 0) is 6.54 Å². The predicted molar refractivity (Wildman–Crippen MR) is 63.0 cm³/mol. The molecule has 10 heteroatoms. The van der Waals surface area contributed by atoms with Gasteiger partial charge in [0.2, 0.25) is 18.3 Å². The molecule has 0 fully saturated rings. The number of anilines is 2. The van der Waals surface area contributed by atoms with E-state index in [0.717, 1.165) is 0 Å². The third-order valence-electron chi connectivity index (χ3n) is 2.16. The number of nitrogen functional groups attached to an aromatic ring is 1. The highest BCUT2D eigenvalue weighted by Crippen LogP contribution is 2.06. The molecule has 19 heavy (non-hydrogen) atoms. The van der Waals surface area contributed by atoms with Gasteiger partial charge in [0.1, 0.15) is 0 Å². The minimum absolute atomic E-state index is 0.0936. The maximum atomic E-state index is 5.62. The molecular formula is C9H9N9O. The molecule has 0 saturated heterocycles.